The van der Waals surface area contributed by atoms with E-state index >= 15 is 0 Å². The van der Waals surface area contributed by atoms with Crippen molar-refractivity contribution < 1.29 is 17.9 Å². The minimum Gasteiger partial charge on any atom is -0.465 e. The molecular weight excluding hydrogens is 381 g/mol. The first-order chi connectivity index (χ1) is 8.79. The fourth-order valence-electron chi connectivity index (χ4n) is 1.64. The first kappa shape index (κ1) is 16.2. The zero-order valence-corrected chi connectivity index (χ0v) is 14.0. The molecule has 0 saturated heterocycles. The normalized spacial score (nSPS) is 11.2. The van der Waals surface area contributed by atoms with Crippen molar-refractivity contribution in [2.75, 3.05) is 24.2 Å². The molecule has 0 saturated carbocycles. The van der Waals surface area contributed by atoms with Crippen LogP contribution >= 0.6 is 22.6 Å². The highest BCUT2D eigenvalue weighted by atomic mass is 127. The molecule has 0 unspecified atom stereocenters. The summed E-state index contributed by atoms with van der Waals surface area (Å²) in [7, 11) is -2.07. The van der Waals surface area contributed by atoms with Crippen LogP contribution in [0.25, 0.3) is 0 Å². The van der Waals surface area contributed by atoms with Gasteiger partial charge in [0.2, 0.25) is 10.0 Å². The summed E-state index contributed by atoms with van der Waals surface area (Å²) in [6, 6.07) is 4.91. The number of esters is 1. The molecule has 0 amide bonds. The fourth-order valence-corrected chi connectivity index (χ4v) is 3.30. The molecule has 0 fully saturated rings. The lowest BCUT2D eigenvalue weighted by atomic mass is 10.2. The molecule has 1 aromatic carbocycles. The van der Waals surface area contributed by atoms with Gasteiger partial charge in [-0.1, -0.05) is 6.92 Å². The van der Waals surface area contributed by atoms with Crippen LogP contribution in [0.1, 0.15) is 23.7 Å². The molecule has 1 rings (SSSR count). The van der Waals surface area contributed by atoms with Gasteiger partial charge in [0.1, 0.15) is 0 Å². The fraction of sp³-hybridized carbons (Fsp3) is 0.417. The smallest absolute Gasteiger partial charge is 0.337 e. The Balaban J connectivity index is 3.31. The molecule has 106 valence electrons. The third-order valence-corrected chi connectivity index (χ3v) is 4.24. The van der Waals surface area contributed by atoms with Gasteiger partial charge in [-0.3, -0.25) is 4.31 Å². The molecule has 0 atom stereocenters. The first-order valence-corrected chi connectivity index (χ1v) is 8.59. The molecule has 0 aliphatic rings. The van der Waals surface area contributed by atoms with Gasteiger partial charge in [0.05, 0.1) is 24.6 Å². The maximum Gasteiger partial charge on any atom is 0.337 e. The van der Waals surface area contributed by atoms with Crippen LogP contribution in [0.3, 0.4) is 0 Å². The number of sulfonamides is 1. The van der Waals surface area contributed by atoms with Gasteiger partial charge in [-0.05, 0) is 47.2 Å². The van der Waals surface area contributed by atoms with Crippen molar-refractivity contribution in [3.05, 3.63) is 27.3 Å². The quantitative estimate of drug-likeness (QED) is 0.565. The van der Waals surface area contributed by atoms with Gasteiger partial charge in [-0.2, -0.15) is 0 Å². The highest BCUT2D eigenvalue weighted by Crippen LogP contribution is 2.23. The van der Waals surface area contributed by atoms with Gasteiger partial charge >= 0.3 is 5.97 Å². The molecule has 1 aromatic rings. The van der Waals surface area contributed by atoms with Gasteiger partial charge in [0.15, 0.2) is 0 Å². The third-order valence-electron chi connectivity index (χ3n) is 2.42. The molecule has 0 aliphatic carbocycles. The van der Waals surface area contributed by atoms with E-state index in [-0.39, 0.29) is 0 Å². The number of rotatable bonds is 5. The number of hydrogen-bond acceptors (Lipinski definition) is 4. The van der Waals surface area contributed by atoms with Crippen molar-refractivity contribution in [1.82, 2.24) is 0 Å². The second-order valence-corrected chi connectivity index (χ2v) is 7.18. The average molecular weight is 397 g/mol. The van der Waals surface area contributed by atoms with E-state index in [1.165, 1.54) is 17.5 Å². The Bertz CT molecular complexity index is 571. The molecule has 0 radical (unpaired) electrons. The van der Waals surface area contributed by atoms with Gasteiger partial charge in [0.25, 0.3) is 0 Å². The summed E-state index contributed by atoms with van der Waals surface area (Å²) in [4.78, 5) is 11.6. The lowest BCUT2D eigenvalue weighted by Crippen LogP contribution is -2.30. The van der Waals surface area contributed by atoms with E-state index in [2.05, 4.69) is 4.74 Å². The van der Waals surface area contributed by atoms with Crippen LogP contribution in [0.4, 0.5) is 5.69 Å². The van der Waals surface area contributed by atoms with E-state index in [4.69, 9.17) is 0 Å². The van der Waals surface area contributed by atoms with Gasteiger partial charge in [0, 0.05) is 10.1 Å². The summed E-state index contributed by atoms with van der Waals surface area (Å²) >= 11 is 2.04. The summed E-state index contributed by atoms with van der Waals surface area (Å²) in [5.74, 6) is -0.482. The molecule has 19 heavy (non-hydrogen) atoms. The zero-order chi connectivity index (χ0) is 14.6. The summed E-state index contributed by atoms with van der Waals surface area (Å²) in [5.41, 5.74) is 0.825. The maximum atomic E-state index is 11.8. The van der Waals surface area contributed by atoms with E-state index in [1.807, 2.05) is 29.5 Å². The minimum atomic E-state index is -3.37. The third kappa shape index (κ3) is 4.34. The Morgan fingerprint density at radius 3 is 2.47 bits per heavy atom. The Kier molecular flexibility index (Phi) is 5.60. The number of hydrogen-bond donors (Lipinski definition) is 0. The van der Waals surface area contributed by atoms with Crippen LogP contribution in [0, 0.1) is 3.57 Å². The standard InChI is InChI=1S/C12H16INO4S/c1-4-5-14(19(3,16)17)11-7-9(12(15)18-2)6-10(13)8-11/h6-8H,4-5H2,1-3H3. The van der Waals surface area contributed by atoms with Gasteiger partial charge in [-0.15, -0.1) is 0 Å². The predicted octanol–water partition coefficient (Wildman–Crippen LogP) is 2.25. The van der Waals surface area contributed by atoms with Gasteiger partial charge in [-0.25, -0.2) is 13.2 Å². The lowest BCUT2D eigenvalue weighted by molar-refractivity contribution is 0.0600. The van der Waals surface area contributed by atoms with Crippen LogP contribution in [-0.2, 0) is 14.8 Å². The highest BCUT2D eigenvalue weighted by Gasteiger charge is 2.19. The summed E-state index contributed by atoms with van der Waals surface area (Å²) < 4.78 is 30.3. The van der Waals surface area contributed by atoms with E-state index in [9.17, 15) is 13.2 Å². The summed E-state index contributed by atoms with van der Waals surface area (Å²) in [5, 5.41) is 0. The van der Waals surface area contributed by atoms with Gasteiger partial charge < -0.3 is 4.74 Å². The molecule has 0 aromatic heterocycles. The number of nitrogens with zero attached hydrogens (tertiary/aromatic N) is 1. The lowest BCUT2D eigenvalue weighted by Gasteiger charge is -2.22. The molecule has 0 N–H and O–H groups in total. The molecule has 7 heteroatoms. The molecule has 0 heterocycles. The van der Waals surface area contributed by atoms with E-state index in [0.717, 1.165) is 9.83 Å². The number of anilines is 1. The number of methoxy groups -OCH3 is 1. The molecule has 0 spiro atoms. The van der Waals surface area contributed by atoms with Crippen LogP contribution in [0.15, 0.2) is 18.2 Å². The minimum absolute atomic E-state index is 0.342. The second-order valence-electron chi connectivity index (χ2n) is 4.02. The number of halogens is 1. The molecule has 5 nitrogen and oxygen atoms in total. The topological polar surface area (TPSA) is 63.7 Å². The van der Waals surface area contributed by atoms with Crippen molar-refractivity contribution in [1.29, 1.82) is 0 Å². The first-order valence-electron chi connectivity index (χ1n) is 5.66. The number of benzene rings is 1. The van der Waals surface area contributed by atoms with Crippen molar-refractivity contribution in [2.45, 2.75) is 13.3 Å². The SMILES string of the molecule is CCCN(c1cc(I)cc(C(=O)OC)c1)S(C)(=O)=O. The Labute approximate surface area is 127 Å². The van der Waals surface area contributed by atoms with Crippen LogP contribution in [0.5, 0.6) is 0 Å². The van der Waals surface area contributed by atoms with Crippen molar-refractivity contribution in [3.63, 3.8) is 0 Å². The number of ether oxygens (including phenoxy) is 1. The molecule has 0 bridgehead atoms. The Morgan fingerprint density at radius 1 is 1.37 bits per heavy atom. The zero-order valence-electron chi connectivity index (χ0n) is 11.0. The number of carbonyl (C=O) groups excluding carboxylic acids is 1. The van der Waals surface area contributed by atoms with Crippen LogP contribution in [0.2, 0.25) is 0 Å². The summed E-state index contributed by atoms with van der Waals surface area (Å²) in [6.07, 6.45) is 1.84. The monoisotopic (exact) mass is 397 g/mol. The Hall–Kier alpha value is -0.830. The average Bonchev–Trinajstić information content (AvgIpc) is 2.32. The number of carbonyl (C=O) groups is 1. The molecular formula is C12H16INO4S. The molecule has 0 aliphatic heterocycles. The van der Waals surface area contributed by atoms with E-state index in [0.29, 0.717) is 24.2 Å². The van der Waals surface area contributed by atoms with E-state index in [1.54, 1.807) is 12.1 Å². The van der Waals surface area contributed by atoms with Crippen molar-refractivity contribution in [3.8, 4) is 0 Å². The van der Waals surface area contributed by atoms with Crippen molar-refractivity contribution >= 4 is 44.3 Å². The van der Waals surface area contributed by atoms with Crippen LogP contribution in [-0.4, -0.2) is 34.3 Å². The largest absolute Gasteiger partial charge is 0.465 e. The second kappa shape index (κ2) is 6.56. The highest BCUT2D eigenvalue weighted by molar-refractivity contribution is 14.1. The Morgan fingerprint density at radius 2 is 2.00 bits per heavy atom. The summed E-state index contributed by atoms with van der Waals surface area (Å²) in [6.45, 7) is 2.27. The van der Waals surface area contributed by atoms with E-state index < -0.39 is 16.0 Å². The van der Waals surface area contributed by atoms with Crippen molar-refractivity contribution in [2.24, 2.45) is 0 Å². The predicted molar refractivity (Wildman–Crippen MR) is 83.0 cm³/mol. The van der Waals surface area contributed by atoms with Crippen LogP contribution < -0.4 is 4.31 Å². The maximum absolute atomic E-state index is 11.8.